The van der Waals surface area contributed by atoms with Crippen molar-refractivity contribution in [2.75, 3.05) is 11.9 Å². The van der Waals surface area contributed by atoms with Crippen LogP contribution in [0, 0.1) is 12.7 Å². The fourth-order valence-electron chi connectivity index (χ4n) is 3.56. The third-order valence-electron chi connectivity index (χ3n) is 5.01. The Morgan fingerprint density at radius 1 is 1.11 bits per heavy atom. The van der Waals surface area contributed by atoms with Crippen molar-refractivity contribution >= 4 is 34.6 Å². The van der Waals surface area contributed by atoms with Gasteiger partial charge in [-0.15, -0.1) is 0 Å². The molecule has 2 heterocycles. The van der Waals surface area contributed by atoms with Gasteiger partial charge in [-0.3, -0.25) is 0 Å². The number of hydrogen-bond donors (Lipinski definition) is 1. The number of nitrogens with one attached hydrogen (secondary N) is 1. The Hall–Kier alpha value is -2.37. The maximum atomic E-state index is 14.6. The Kier molecular flexibility index (Phi) is 4.89. The minimum atomic E-state index is -0.283. The molecule has 2 aromatic carbocycles. The average Bonchev–Trinajstić information content (AvgIpc) is 3.14. The van der Waals surface area contributed by atoms with Crippen molar-refractivity contribution in [3.63, 3.8) is 0 Å². The number of rotatable bonds is 2. The van der Waals surface area contributed by atoms with Crippen molar-refractivity contribution in [2.24, 2.45) is 0 Å². The average molecular weight is 400 g/mol. The molecule has 0 radical (unpaired) electrons. The molecule has 4 rings (SSSR count). The van der Waals surface area contributed by atoms with Crippen LogP contribution >= 0.6 is 23.8 Å². The second-order valence-electron chi connectivity index (χ2n) is 6.59. The van der Waals surface area contributed by atoms with Gasteiger partial charge in [-0.1, -0.05) is 35.9 Å². The molecule has 6 heteroatoms. The lowest BCUT2D eigenvalue weighted by atomic mass is 10.00. The molecule has 0 saturated carbocycles. The highest BCUT2D eigenvalue weighted by Gasteiger charge is 2.32. The number of benzene rings is 2. The van der Waals surface area contributed by atoms with Crippen molar-refractivity contribution < 1.29 is 4.39 Å². The molecule has 0 amide bonds. The first-order chi connectivity index (χ1) is 13.1. The van der Waals surface area contributed by atoms with Crippen molar-refractivity contribution in [1.82, 2.24) is 9.47 Å². The molecule has 1 aliphatic heterocycles. The maximum absolute atomic E-state index is 14.6. The van der Waals surface area contributed by atoms with Gasteiger partial charge in [-0.05, 0) is 55.0 Å². The Morgan fingerprint density at radius 3 is 2.74 bits per heavy atom. The lowest BCUT2D eigenvalue weighted by Crippen LogP contribution is -2.44. The zero-order valence-corrected chi connectivity index (χ0v) is 16.4. The summed E-state index contributed by atoms with van der Waals surface area (Å²) in [5.41, 5.74) is 3.44. The van der Waals surface area contributed by atoms with Gasteiger partial charge in [-0.25, -0.2) is 4.39 Å². The van der Waals surface area contributed by atoms with E-state index in [-0.39, 0.29) is 11.9 Å². The molecule has 0 spiro atoms. The Labute approximate surface area is 168 Å². The summed E-state index contributed by atoms with van der Waals surface area (Å²) < 4.78 is 16.8. The van der Waals surface area contributed by atoms with E-state index in [1.807, 2.05) is 60.5 Å². The lowest BCUT2D eigenvalue weighted by Gasteiger charge is -2.39. The van der Waals surface area contributed by atoms with E-state index in [0.717, 1.165) is 23.5 Å². The Balaban J connectivity index is 1.71. The summed E-state index contributed by atoms with van der Waals surface area (Å²) in [5.74, 6) is -0.233. The number of halogens is 2. The molecule has 3 aromatic rings. The molecule has 0 saturated heterocycles. The van der Waals surface area contributed by atoms with Crippen LogP contribution in [0.5, 0.6) is 0 Å². The number of anilines is 1. The first-order valence-electron chi connectivity index (χ1n) is 8.78. The van der Waals surface area contributed by atoms with E-state index in [0.29, 0.717) is 22.2 Å². The lowest BCUT2D eigenvalue weighted by molar-refractivity contribution is 0.288. The molecule has 0 fully saturated rings. The van der Waals surface area contributed by atoms with Gasteiger partial charge < -0.3 is 14.8 Å². The zero-order chi connectivity index (χ0) is 19.0. The highest BCUT2D eigenvalue weighted by molar-refractivity contribution is 7.80. The zero-order valence-electron chi connectivity index (χ0n) is 14.8. The van der Waals surface area contributed by atoms with Crippen LogP contribution in [-0.4, -0.2) is 21.1 Å². The molecule has 27 heavy (non-hydrogen) atoms. The van der Waals surface area contributed by atoms with E-state index >= 15 is 0 Å². The molecule has 138 valence electrons. The number of thiocarbonyl (C=S) groups is 1. The summed E-state index contributed by atoms with van der Waals surface area (Å²) in [6, 6.07) is 16.3. The van der Waals surface area contributed by atoms with Gasteiger partial charge in [0.15, 0.2) is 5.11 Å². The normalized spacial score (nSPS) is 16.1. The van der Waals surface area contributed by atoms with E-state index in [2.05, 4.69) is 9.88 Å². The third kappa shape index (κ3) is 3.33. The first-order valence-corrected chi connectivity index (χ1v) is 9.57. The van der Waals surface area contributed by atoms with Crippen molar-refractivity contribution in [1.29, 1.82) is 0 Å². The molecule has 1 N–H and O–H groups in total. The van der Waals surface area contributed by atoms with Crippen LogP contribution in [0.1, 0.15) is 22.9 Å². The molecule has 1 aromatic heterocycles. The quantitative estimate of drug-likeness (QED) is 0.583. The predicted molar refractivity (Wildman–Crippen MR) is 112 cm³/mol. The highest BCUT2D eigenvalue weighted by Crippen LogP contribution is 2.34. The maximum Gasteiger partial charge on any atom is 0.174 e. The second kappa shape index (κ2) is 7.33. The minimum absolute atomic E-state index is 0.233. The SMILES string of the molecule is Cc1c(Cl)cccc1NC(=S)N1CCn2cccc2[C@H]1c1ccccc1F. The van der Waals surface area contributed by atoms with Crippen LogP contribution in [0.15, 0.2) is 60.8 Å². The largest absolute Gasteiger partial charge is 0.348 e. The highest BCUT2D eigenvalue weighted by atomic mass is 35.5. The van der Waals surface area contributed by atoms with Gasteiger partial charge in [0.2, 0.25) is 0 Å². The van der Waals surface area contributed by atoms with Gasteiger partial charge in [0, 0.05) is 41.3 Å². The topological polar surface area (TPSA) is 20.2 Å². The fourth-order valence-corrected chi connectivity index (χ4v) is 4.04. The van der Waals surface area contributed by atoms with Crippen molar-refractivity contribution in [2.45, 2.75) is 19.5 Å². The number of fused-ring (bicyclic) bond motifs is 1. The summed E-state index contributed by atoms with van der Waals surface area (Å²) in [7, 11) is 0. The van der Waals surface area contributed by atoms with Crippen LogP contribution in [0.2, 0.25) is 5.02 Å². The van der Waals surface area contributed by atoms with Gasteiger partial charge in [0.1, 0.15) is 5.82 Å². The van der Waals surface area contributed by atoms with Crippen molar-refractivity contribution in [3.8, 4) is 0 Å². The van der Waals surface area contributed by atoms with Crippen LogP contribution in [-0.2, 0) is 6.54 Å². The molecular weight excluding hydrogens is 381 g/mol. The van der Waals surface area contributed by atoms with Gasteiger partial charge in [0.05, 0.1) is 6.04 Å². The minimum Gasteiger partial charge on any atom is -0.348 e. The van der Waals surface area contributed by atoms with E-state index in [9.17, 15) is 4.39 Å². The molecule has 0 unspecified atom stereocenters. The van der Waals surface area contributed by atoms with Crippen LogP contribution in [0.3, 0.4) is 0 Å². The van der Waals surface area contributed by atoms with E-state index in [1.165, 1.54) is 6.07 Å². The molecule has 1 atom stereocenters. The summed E-state index contributed by atoms with van der Waals surface area (Å²) in [4.78, 5) is 2.05. The summed E-state index contributed by atoms with van der Waals surface area (Å²) in [6.07, 6.45) is 2.03. The van der Waals surface area contributed by atoms with Crippen molar-refractivity contribution in [3.05, 3.63) is 88.5 Å². The third-order valence-corrected chi connectivity index (χ3v) is 5.75. The summed E-state index contributed by atoms with van der Waals surface area (Å²) in [5, 5.41) is 4.54. The smallest absolute Gasteiger partial charge is 0.174 e. The van der Waals surface area contributed by atoms with Crippen LogP contribution < -0.4 is 5.32 Å². The van der Waals surface area contributed by atoms with Crippen LogP contribution in [0.4, 0.5) is 10.1 Å². The Bertz CT molecular complexity index is 1000. The van der Waals surface area contributed by atoms with E-state index < -0.39 is 0 Å². The fraction of sp³-hybridized carbons (Fsp3) is 0.190. The van der Waals surface area contributed by atoms with E-state index in [1.54, 1.807) is 6.07 Å². The Morgan fingerprint density at radius 2 is 1.93 bits per heavy atom. The summed E-state index contributed by atoms with van der Waals surface area (Å²) in [6.45, 7) is 3.43. The van der Waals surface area contributed by atoms with E-state index in [4.69, 9.17) is 23.8 Å². The molecule has 1 aliphatic rings. The van der Waals surface area contributed by atoms with Gasteiger partial charge in [0.25, 0.3) is 0 Å². The molecule has 0 aliphatic carbocycles. The predicted octanol–water partition coefficient (Wildman–Crippen LogP) is 5.39. The van der Waals surface area contributed by atoms with Crippen LogP contribution in [0.25, 0.3) is 0 Å². The number of hydrogen-bond acceptors (Lipinski definition) is 1. The molecular formula is C21H19ClFN3S. The standard InChI is InChI=1S/C21H19ClFN3S/c1-14-16(22)7-4-9-18(14)24-21(27)26-13-12-25-11-5-10-19(25)20(26)15-6-2-3-8-17(15)23/h2-11,20H,12-13H2,1H3,(H,24,27)/t20-/m1/s1. The van der Waals surface area contributed by atoms with Gasteiger partial charge >= 0.3 is 0 Å². The summed E-state index contributed by atoms with van der Waals surface area (Å²) >= 11 is 12.0. The second-order valence-corrected chi connectivity index (χ2v) is 7.38. The first kappa shape index (κ1) is 18.0. The molecule has 3 nitrogen and oxygen atoms in total. The molecule has 0 bridgehead atoms. The number of aromatic nitrogens is 1. The number of nitrogens with zero attached hydrogens (tertiary/aromatic N) is 2. The van der Waals surface area contributed by atoms with Gasteiger partial charge in [-0.2, -0.15) is 0 Å². The monoisotopic (exact) mass is 399 g/mol.